The fraction of sp³-hybridized carbons (Fsp3) is 0.409. The molecule has 0 radical (unpaired) electrons. The minimum atomic E-state index is -3.26. The van der Waals surface area contributed by atoms with E-state index in [-0.39, 0.29) is 29.7 Å². The number of nitrogens with zero attached hydrogens (tertiary/aromatic N) is 2. The third kappa shape index (κ3) is 7.97. The first kappa shape index (κ1) is 25.4. The van der Waals surface area contributed by atoms with Crippen molar-refractivity contribution in [3.05, 3.63) is 65.7 Å². The van der Waals surface area contributed by atoms with E-state index in [4.69, 9.17) is 4.99 Å². The minimum absolute atomic E-state index is 0. The van der Waals surface area contributed by atoms with Crippen LogP contribution in [0.15, 0.2) is 59.6 Å². The Bertz CT molecular complexity index is 936. The average Bonchev–Trinajstić information content (AvgIpc) is 3.22. The Kier molecular flexibility index (Phi) is 10.0. The average molecular weight is 558 g/mol. The molecule has 3 rings (SSSR count). The molecule has 1 aliphatic rings. The van der Waals surface area contributed by atoms with Gasteiger partial charge >= 0.3 is 0 Å². The van der Waals surface area contributed by atoms with Crippen molar-refractivity contribution in [1.29, 1.82) is 0 Å². The van der Waals surface area contributed by atoms with Crippen LogP contribution < -0.4 is 20.3 Å². The van der Waals surface area contributed by atoms with Crippen molar-refractivity contribution in [2.45, 2.75) is 31.7 Å². The maximum atomic E-state index is 11.7. The predicted octanol–water partition coefficient (Wildman–Crippen LogP) is 2.69. The summed E-state index contributed by atoms with van der Waals surface area (Å²) in [7, 11) is -1.83. The Labute approximate surface area is 202 Å². The maximum Gasteiger partial charge on any atom is 0.215 e. The van der Waals surface area contributed by atoms with E-state index < -0.39 is 10.0 Å². The zero-order valence-electron chi connectivity index (χ0n) is 18.0. The SMILES string of the molecule is CCNC(=NCc1ccc(CS(=O)(=O)NC)cc1)NC1CCN(c2ccccc2)C1.I. The second-order valence-electron chi connectivity index (χ2n) is 7.39. The molecule has 0 aliphatic carbocycles. The number of anilines is 1. The van der Waals surface area contributed by atoms with Crippen LogP contribution in [0.25, 0.3) is 0 Å². The Balaban J connectivity index is 0.00000341. The molecule has 1 atom stereocenters. The zero-order chi connectivity index (χ0) is 21.4. The van der Waals surface area contributed by atoms with Gasteiger partial charge in [0.2, 0.25) is 10.0 Å². The molecule has 0 aromatic heterocycles. The third-order valence-corrected chi connectivity index (χ3v) is 6.44. The van der Waals surface area contributed by atoms with Gasteiger partial charge in [-0.05, 0) is 43.7 Å². The number of nitrogens with one attached hydrogen (secondary N) is 3. The first-order chi connectivity index (χ1) is 14.5. The highest BCUT2D eigenvalue weighted by molar-refractivity contribution is 14.0. The largest absolute Gasteiger partial charge is 0.369 e. The van der Waals surface area contributed by atoms with Crippen LogP contribution >= 0.6 is 24.0 Å². The van der Waals surface area contributed by atoms with E-state index in [1.165, 1.54) is 12.7 Å². The van der Waals surface area contributed by atoms with E-state index in [0.29, 0.717) is 12.6 Å². The molecule has 170 valence electrons. The standard InChI is InChI=1S/C22H31N5O2S.HI/c1-3-24-22(26-20-13-14-27(16-20)21-7-5-4-6-8-21)25-15-18-9-11-19(12-10-18)17-30(28,29)23-2;/h4-12,20,23H,3,13-17H2,1-2H3,(H2,24,25,26);1H. The lowest BCUT2D eigenvalue weighted by Gasteiger charge is -2.20. The van der Waals surface area contributed by atoms with Crippen LogP contribution in [0.2, 0.25) is 0 Å². The second kappa shape index (κ2) is 12.3. The quantitative estimate of drug-likeness (QED) is 0.264. The van der Waals surface area contributed by atoms with Crippen LogP contribution in [0.4, 0.5) is 5.69 Å². The van der Waals surface area contributed by atoms with Crippen molar-refractivity contribution in [2.75, 3.05) is 31.6 Å². The highest BCUT2D eigenvalue weighted by Crippen LogP contribution is 2.19. The van der Waals surface area contributed by atoms with Crippen LogP contribution in [0.1, 0.15) is 24.5 Å². The summed E-state index contributed by atoms with van der Waals surface area (Å²) in [4.78, 5) is 7.10. The van der Waals surface area contributed by atoms with Gasteiger partial charge in [-0.25, -0.2) is 18.1 Å². The number of benzene rings is 2. The molecular formula is C22H32IN5O2S. The van der Waals surface area contributed by atoms with Gasteiger partial charge in [-0.1, -0.05) is 42.5 Å². The first-order valence-electron chi connectivity index (χ1n) is 10.3. The van der Waals surface area contributed by atoms with Gasteiger partial charge in [-0.3, -0.25) is 0 Å². The molecule has 7 nitrogen and oxygen atoms in total. The molecule has 3 N–H and O–H groups in total. The third-order valence-electron chi connectivity index (χ3n) is 5.11. The molecule has 2 aromatic rings. The van der Waals surface area contributed by atoms with Crippen molar-refractivity contribution in [2.24, 2.45) is 4.99 Å². The van der Waals surface area contributed by atoms with Gasteiger partial charge in [-0.2, -0.15) is 0 Å². The summed E-state index contributed by atoms with van der Waals surface area (Å²) in [5, 5.41) is 6.86. The first-order valence-corrected chi connectivity index (χ1v) is 12.0. The minimum Gasteiger partial charge on any atom is -0.369 e. The normalized spacial score (nSPS) is 16.6. The van der Waals surface area contributed by atoms with Crippen LogP contribution in [-0.4, -0.2) is 47.1 Å². The molecule has 31 heavy (non-hydrogen) atoms. The molecule has 1 heterocycles. The van der Waals surface area contributed by atoms with E-state index in [9.17, 15) is 8.42 Å². The van der Waals surface area contributed by atoms with E-state index >= 15 is 0 Å². The van der Waals surface area contributed by atoms with Crippen LogP contribution in [-0.2, 0) is 22.3 Å². The number of hydrogen-bond donors (Lipinski definition) is 3. The van der Waals surface area contributed by atoms with Gasteiger partial charge in [-0.15, -0.1) is 24.0 Å². The summed E-state index contributed by atoms with van der Waals surface area (Å²) in [5.74, 6) is 0.788. The number of halogens is 1. The Morgan fingerprint density at radius 2 is 1.77 bits per heavy atom. The molecule has 0 spiro atoms. The van der Waals surface area contributed by atoms with Crippen LogP contribution in [0.3, 0.4) is 0 Å². The van der Waals surface area contributed by atoms with Gasteiger partial charge in [0.15, 0.2) is 5.96 Å². The highest BCUT2D eigenvalue weighted by atomic mass is 127. The summed E-state index contributed by atoms with van der Waals surface area (Å²) in [6.07, 6.45) is 1.06. The zero-order valence-corrected chi connectivity index (χ0v) is 21.2. The second-order valence-corrected chi connectivity index (χ2v) is 9.31. The highest BCUT2D eigenvalue weighted by Gasteiger charge is 2.23. The maximum absolute atomic E-state index is 11.7. The smallest absolute Gasteiger partial charge is 0.215 e. The lowest BCUT2D eigenvalue weighted by molar-refractivity contribution is 0.587. The summed E-state index contributed by atoms with van der Waals surface area (Å²) < 4.78 is 25.7. The molecule has 0 saturated carbocycles. The van der Waals surface area contributed by atoms with Gasteiger partial charge in [0.05, 0.1) is 12.3 Å². The lowest BCUT2D eigenvalue weighted by Crippen LogP contribution is -2.44. The molecule has 0 bridgehead atoms. The van der Waals surface area contributed by atoms with Crippen LogP contribution in [0, 0.1) is 0 Å². The Morgan fingerprint density at radius 3 is 2.42 bits per heavy atom. The predicted molar refractivity (Wildman–Crippen MR) is 139 cm³/mol. The molecule has 1 saturated heterocycles. The van der Waals surface area contributed by atoms with Crippen molar-refractivity contribution in [3.63, 3.8) is 0 Å². The molecule has 9 heteroatoms. The number of rotatable bonds is 8. The number of hydrogen-bond acceptors (Lipinski definition) is 4. The lowest BCUT2D eigenvalue weighted by atomic mass is 10.1. The summed E-state index contributed by atoms with van der Waals surface area (Å²) in [6, 6.07) is 18.4. The fourth-order valence-electron chi connectivity index (χ4n) is 3.47. The number of para-hydroxylation sites is 1. The van der Waals surface area contributed by atoms with Gasteiger partial charge in [0.1, 0.15) is 0 Å². The van der Waals surface area contributed by atoms with Gasteiger partial charge in [0.25, 0.3) is 0 Å². The number of aliphatic imine (C=N–C) groups is 1. The van der Waals surface area contributed by atoms with Crippen molar-refractivity contribution in [1.82, 2.24) is 15.4 Å². The van der Waals surface area contributed by atoms with Crippen molar-refractivity contribution < 1.29 is 8.42 Å². The molecule has 2 aromatic carbocycles. The summed E-state index contributed by atoms with van der Waals surface area (Å²) >= 11 is 0. The topological polar surface area (TPSA) is 85.8 Å². The Hall–Kier alpha value is -1.85. The van der Waals surface area contributed by atoms with E-state index in [2.05, 4.69) is 51.4 Å². The molecule has 0 amide bonds. The number of guanidine groups is 1. The van der Waals surface area contributed by atoms with Crippen molar-refractivity contribution in [3.8, 4) is 0 Å². The van der Waals surface area contributed by atoms with Gasteiger partial charge in [0, 0.05) is 31.4 Å². The molecule has 1 aliphatic heterocycles. The molecular weight excluding hydrogens is 525 g/mol. The molecule has 1 unspecified atom stereocenters. The Morgan fingerprint density at radius 1 is 1.10 bits per heavy atom. The van der Waals surface area contributed by atoms with Gasteiger partial charge < -0.3 is 15.5 Å². The molecule has 1 fully saturated rings. The fourth-order valence-corrected chi connectivity index (χ4v) is 4.24. The van der Waals surface area contributed by atoms with E-state index in [1.807, 2.05) is 30.3 Å². The number of sulfonamides is 1. The monoisotopic (exact) mass is 557 g/mol. The van der Waals surface area contributed by atoms with Crippen LogP contribution in [0.5, 0.6) is 0 Å². The van der Waals surface area contributed by atoms with E-state index in [1.54, 1.807) is 0 Å². The summed E-state index contributed by atoms with van der Waals surface area (Å²) in [5.41, 5.74) is 3.05. The van der Waals surface area contributed by atoms with E-state index in [0.717, 1.165) is 43.1 Å². The van der Waals surface area contributed by atoms with Crippen molar-refractivity contribution >= 4 is 45.6 Å². The summed E-state index contributed by atoms with van der Waals surface area (Å²) in [6.45, 7) is 5.35.